The van der Waals surface area contributed by atoms with Crippen LogP contribution in [0.15, 0.2) is 23.7 Å². The Kier molecular flexibility index (Phi) is 9.19. The van der Waals surface area contributed by atoms with Gasteiger partial charge in [-0.1, -0.05) is 12.1 Å². The molecule has 0 radical (unpaired) electrons. The fourth-order valence-corrected chi connectivity index (χ4v) is 4.62. The first-order valence-corrected chi connectivity index (χ1v) is 12.2. The Hall–Kier alpha value is -2.64. The van der Waals surface area contributed by atoms with Crippen molar-refractivity contribution in [2.24, 2.45) is 0 Å². The summed E-state index contributed by atoms with van der Waals surface area (Å²) in [6.45, 7) is 19.0. The number of aryl methyl sites for hydroxylation is 2. The third-order valence-electron chi connectivity index (χ3n) is 8.10. The van der Waals surface area contributed by atoms with Crippen LogP contribution in [0.1, 0.15) is 69.5 Å². The normalized spacial score (nSPS) is 16.7. The van der Waals surface area contributed by atoms with Gasteiger partial charge in [0.05, 0.1) is 0 Å². The van der Waals surface area contributed by atoms with Gasteiger partial charge in [0.1, 0.15) is 35.9 Å². The average Bonchev–Trinajstić information content (AvgIpc) is 2.86. The SMILES string of the molecule is CC(=C(O)[C@@H](O)[C@@H](O)[C@H](O)[C@@H](O)C(O)=C(C)c1cc(C)c(C)c(C)c1C)c1cc(C)c(C)c(C)c1C. The second kappa shape index (κ2) is 11.2. The maximum absolute atomic E-state index is 10.8. The molecular formula is C30H42O6. The van der Waals surface area contributed by atoms with E-state index in [9.17, 15) is 30.6 Å². The van der Waals surface area contributed by atoms with Crippen molar-refractivity contribution in [3.63, 3.8) is 0 Å². The molecule has 0 heterocycles. The lowest BCUT2D eigenvalue weighted by molar-refractivity contribution is -0.0999. The quantitative estimate of drug-likeness (QED) is 0.303. The number of benzene rings is 2. The summed E-state index contributed by atoms with van der Waals surface area (Å²) in [4.78, 5) is 0. The van der Waals surface area contributed by atoms with Gasteiger partial charge in [-0.15, -0.1) is 0 Å². The molecule has 0 saturated heterocycles. The van der Waals surface area contributed by atoms with Crippen molar-refractivity contribution < 1.29 is 30.6 Å². The first-order chi connectivity index (χ1) is 16.5. The smallest absolute Gasteiger partial charge is 0.139 e. The zero-order chi connectivity index (χ0) is 27.8. The second-order valence-electron chi connectivity index (χ2n) is 10.1. The van der Waals surface area contributed by atoms with E-state index in [1.807, 2.05) is 67.5 Å². The molecule has 0 fully saturated rings. The summed E-state index contributed by atoms with van der Waals surface area (Å²) in [5.41, 5.74) is 10.4. The Balaban J connectivity index is 2.41. The van der Waals surface area contributed by atoms with Crippen LogP contribution < -0.4 is 0 Å². The highest BCUT2D eigenvalue weighted by molar-refractivity contribution is 5.72. The Morgan fingerprint density at radius 2 is 0.778 bits per heavy atom. The van der Waals surface area contributed by atoms with Gasteiger partial charge in [0, 0.05) is 0 Å². The lowest BCUT2D eigenvalue weighted by Crippen LogP contribution is -2.46. The van der Waals surface area contributed by atoms with Gasteiger partial charge in [-0.3, -0.25) is 0 Å². The maximum atomic E-state index is 10.8. The highest BCUT2D eigenvalue weighted by Gasteiger charge is 2.36. The molecule has 0 aliphatic heterocycles. The Morgan fingerprint density at radius 3 is 1.06 bits per heavy atom. The Labute approximate surface area is 214 Å². The summed E-state index contributed by atoms with van der Waals surface area (Å²) in [5, 5.41) is 64.2. The fraction of sp³-hybridized carbons (Fsp3) is 0.467. The van der Waals surface area contributed by atoms with Gasteiger partial charge in [-0.2, -0.15) is 0 Å². The van der Waals surface area contributed by atoms with Crippen LogP contribution in [0.5, 0.6) is 0 Å². The number of rotatable bonds is 7. The van der Waals surface area contributed by atoms with E-state index in [2.05, 4.69) is 0 Å². The molecular weight excluding hydrogens is 456 g/mol. The van der Waals surface area contributed by atoms with Gasteiger partial charge < -0.3 is 30.6 Å². The van der Waals surface area contributed by atoms with Crippen molar-refractivity contribution in [2.45, 2.75) is 93.7 Å². The minimum Gasteiger partial charge on any atom is -0.509 e. The number of aliphatic hydroxyl groups is 6. The Morgan fingerprint density at radius 1 is 0.500 bits per heavy atom. The number of allylic oxidation sites excluding steroid dienone is 2. The largest absolute Gasteiger partial charge is 0.509 e. The zero-order valence-electron chi connectivity index (χ0n) is 23.1. The van der Waals surface area contributed by atoms with Crippen molar-refractivity contribution in [3.8, 4) is 0 Å². The van der Waals surface area contributed by atoms with E-state index in [-0.39, 0.29) is 0 Å². The molecule has 2 aromatic carbocycles. The molecule has 4 atom stereocenters. The standard InChI is InChI=1S/C30H42O6/c1-13-11-23(19(7)17(5)15(13)3)21(9)25(31)27(33)29(35)30(36)28(34)26(32)22(10)24-12-14(2)16(4)18(6)20(24)8/h11-12,27-36H,1-10H3/t27-,28+,29-,30-/m1/s1. The number of hydrogen-bond donors (Lipinski definition) is 6. The molecule has 2 rings (SSSR count). The van der Waals surface area contributed by atoms with Crippen molar-refractivity contribution in [3.05, 3.63) is 79.3 Å². The molecule has 0 bridgehead atoms. The van der Waals surface area contributed by atoms with Crippen molar-refractivity contribution in [1.82, 2.24) is 0 Å². The highest BCUT2D eigenvalue weighted by Crippen LogP contribution is 2.31. The van der Waals surface area contributed by atoms with E-state index in [1.54, 1.807) is 13.8 Å². The molecule has 198 valence electrons. The summed E-state index contributed by atoms with van der Waals surface area (Å²) in [5.74, 6) is -1.03. The first kappa shape index (κ1) is 29.6. The third-order valence-corrected chi connectivity index (χ3v) is 8.10. The van der Waals surface area contributed by atoms with Gasteiger partial charge in [0.25, 0.3) is 0 Å². The van der Waals surface area contributed by atoms with Crippen molar-refractivity contribution in [2.75, 3.05) is 0 Å². The first-order valence-electron chi connectivity index (χ1n) is 12.2. The lowest BCUT2D eigenvalue weighted by atomic mass is 9.88. The van der Waals surface area contributed by atoms with Gasteiger partial charge in [-0.05, 0) is 136 Å². The van der Waals surface area contributed by atoms with E-state index in [0.29, 0.717) is 22.3 Å². The van der Waals surface area contributed by atoms with E-state index >= 15 is 0 Å². The molecule has 0 amide bonds. The van der Waals surface area contributed by atoms with Crippen LogP contribution >= 0.6 is 0 Å². The highest BCUT2D eigenvalue weighted by atomic mass is 16.4. The summed E-state index contributed by atoms with van der Waals surface area (Å²) in [7, 11) is 0. The van der Waals surface area contributed by atoms with Gasteiger partial charge >= 0.3 is 0 Å². The molecule has 0 aliphatic rings. The Bertz CT molecular complexity index is 1130. The van der Waals surface area contributed by atoms with Crippen LogP contribution in [0.4, 0.5) is 0 Å². The lowest BCUT2D eigenvalue weighted by Gasteiger charge is -2.28. The van der Waals surface area contributed by atoms with E-state index in [4.69, 9.17) is 0 Å². The second-order valence-corrected chi connectivity index (χ2v) is 10.1. The molecule has 36 heavy (non-hydrogen) atoms. The maximum Gasteiger partial charge on any atom is 0.139 e. The summed E-state index contributed by atoms with van der Waals surface area (Å²) < 4.78 is 0. The molecule has 0 aliphatic carbocycles. The predicted octanol–water partition coefficient (Wildman–Crippen LogP) is 4.88. The number of hydrogen-bond acceptors (Lipinski definition) is 6. The van der Waals surface area contributed by atoms with Crippen molar-refractivity contribution in [1.29, 1.82) is 0 Å². The minimum atomic E-state index is -1.96. The average molecular weight is 499 g/mol. The summed E-state index contributed by atoms with van der Waals surface area (Å²) >= 11 is 0. The van der Waals surface area contributed by atoms with Gasteiger partial charge in [0.15, 0.2) is 0 Å². The van der Waals surface area contributed by atoms with E-state index < -0.39 is 35.9 Å². The molecule has 0 saturated carbocycles. The fourth-order valence-electron chi connectivity index (χ4n) is 4.62. The minimum absolute atomic E-state index is 0.351. The van der Waals surface area contributed by atoms with Gasteiger partial charge in [0.2, 0.25) is 0 Å². The molecule has 6 heteroatoms. The topological polar surface area (TPSA) is 121 Å². The molecule has 0 aromatic heterocycles. The van der Waals surface area contributed by atoms with Crippen LogP contribution in [-0.4, -0.2) is 55.1 Å². The van der Waals surface area contributed by atoms with Crippen LogP contribution in [-0.2, 0) is 0 Å². The van der Waals surface area contributed by atoms with Crippen LogP contribution in [0.2, 0.25) is 0 Å². The van der Waals surface area contributed by atoms with Crippen LogP contribution in [0.3, 0.4) is 0 Å². The molecule has 0 unspecified atom stereocenters. The summed E-state index contributed by atoms with van der Waals surface area (Å²) in [6.07, 6.45) is -7.68. The van der Waals surface area contributed by atoms with Crippen molar-refractivity contribution >= 4 is 11.1 Å². The van der Waals surface area contributed by atoms with E-state index in [1.165, 1.54) is 0 Å². The molecule has 0 spiro atoms. The van der Waals surface area contributed by atoms with Crippen LogP contribution in [0, 0.1) is 55.4 Å². The van der Waals surface area contributed by atoms with E-state index in [0.717, 1.165) is 44.5 Å². The summed E-state index contributed by atoms with van der Waals surface area (Å²) in [6, 6.07) is 3.80. The molecule has 2 aromatic rings. The zero-order valence-corrected chi connectivity index (χ0v) is 23.1. The molecule has 6 nitrogen and oxygen atoms in total. The number of aliphatic hydroxyl groups excluding tert-OH is 6. The monoisotopic (exact) mass is 498 g/mol. The van der Waals surface area contributed by atoms with Gasteiger partial charge in [-0.25, -0.2) is 0 Å². The molecule has 6 N–H and O–H groups in total. The third kappa shape index (κ3) is 5.37. The van der Waals surface area contributed by atoms with Crippen LogP contribution in [0.25, 0.3) is 11.1 Å². The predicted molar refractivity (Wildman–Crippen MR) is 145 cm³/mol.